The average Bonchev–Trinajstić information content (AvgIpc) is 3.57. The fourth-order valence-electron chi connectivity index (χ4n) is 5.68. The van der Waals surface area contributed by atoms with E-state index in [2.05, 4.69) is 91.1 Å². The van der Waals surface area contributed by atoms with Crippen LogP contribution in [-0.4, -0.2) is 112 Å². The van der Waals surface area contributed by atoms with Crippen LogP contribution in [-0.2, 0) is 28.4 Å². The lowest BCUT2D eigenvalue weighted by atomic mass is 9.96. The van der Waals surface area contributed by atoms with E-state index in [-0.39, 0.29) is 59.5 Å². The second-order valence-corrected chi connectivity index (χ2v) is 15.7. The van der Waals surface area contributed by atoms with Crippen molar-refractivity contribution in [3.63, 3.8) is 0 Å². The van der Waals surface area contributed by atoms with E-state index in [9.17, 15) is 0 Å². The number of nitrogens with one attached hydrogen (secondary N) is 1. The zero-order valence-corrected chi connectivity index (χ0v) is 27.0. The Morgan fingerprint density at radius 1 is 0.575 bits per heavy atom. The third-order valence-electron chi connectivity index (χ3n) is 8.17. The minimum absolute atomic E-state index is 0.0174. The molecular formula is C31H57N3O6. The molecule has 6 fully saturated rings. The number of likely N-dealkylation sites (tertiary alicyclic amines) is 2. The van der Waals surface area contributed by atoms with Gasteiger partial charge in [0.15, 0.2) is 18.9 Å². The monoisotopic (exact) mass is 567 g/mol. The number of fused-ring (bicyclic) bond motifs is 3. The fraction of sp³-hybridized carbons (Fsp3) is 0.935. The Balaban J connectivity index is 0.000000140. The summed E-state index contributed by atoms with van der Waals surface area (Å²) >= 11 is 0. The van der Waals surface area contributed by atoms with E-state index < -0.39 is 0 Å². The lowest BCUT2D eigenvalue weighted by Crippen LogP contribution is -2.31. The SMILES string of the molecule is C=C(C)N1CC2OC(C(C)(C)C)OC2C1.CC(C)(C)C1OC2CNCC2O1.CN1CC2OC(C(C)(C)C)OC2C1. The van der Waals surface area contributed by atoms with Gasteiger partial charge in [-0.2, -0.15) is 0 Å². The molecule has 0 spiro atoms. The summed E-state index contributed by atoms with van der Waals surface area (Å²) < 4.78 is 35.1. The summed E-state index contributed by atoms with van der Waals surface area (Å²) in [5.41, 5.74) is 1.37. The quantitative estimate of drug-likeness (QED) is 0.509. The van der Waals surface area contributed by atoms with Gasteiger partial charge in [-0.3, -0.25) is 0 Å². The summed E-state index contributed by atoms with van der Waals surface area (Å²) in [5, 5.41) is 3.25. The van der Waals surface area contributed by atoms with Gasteiger partial charge >= 0.3 is 0 Å². The molecule has 0 bridgehead atoms. The van der Waals surface area contributed by atoms with Crippen LogP contribution in [0.15, 0.2) is 12.3 Å². The Hall–Kier alpha value is -0.780. The van der Waals surface area contributed by atoms with Crippen LogP contribution < -0.4 is 5.32 Å². The molecule has 0 radical (unpaired) electrons. The zero-order chi connectivity index (χ0) is 29.6. The van der Waals surface area contributed by atoms with Crippen molar-refractivity contribution in [2.45, 2.75) is 125 Å². The molecule has 0 amide bonds. The zero-order valence-electron chi connectivity index (χ0n) is 27.0. The van der Waals surface area contributed by atoms with Gasteiger partial charge in [0.1, 0.15) is 36.6 Å². The molecule has 6 saturated heterocycles. The lowest BCUT2D eigenvalue weighted by Gasteiger charge is -2.28. The highest BCUT2D eigenvalue weighted by Gasteiger charge is 2.47. The lowest BCUT2D eigenvalue weighted by molar-refractivity contribution is -0.139. The van der Waals surface area contributed by atoms with Gasteiger partial charge in [0.2, 0.25) is 0 Å². The molecule has 40 heavy (non-hydrogen) atoms. The van der Waals surface area contributed by atoms with E-state index in [0.717, 1.165) is 45.0 Å². The molecule has 232 valence electrons. The molecule has 1 N–H and O–H groups in total. The van der Waals surface area contributed by atoms with Crippen LogP contribution in [0, 0.1) is 16.2 Å². The molecule has 6 aliphatic heterocycles. The second-order valence-electron chi connectivity index (χ2n) is 15.7. The minimum Gasteiger partial charge on any atom is -0.370 e. The molecule has 9 heteroatoms. The number of nitrogens with zero attached hydrogens (tertiary/aromatic N) is 2. The van der Waals surface area contributed by atoms with Gasteiger partial charge in [-0.05, 0) is 14.0 Å². The maximum Gasteiger partial charge on any atom is 0.163 e. The van der Waals surface area contributed by atoms with E-state index in [4.69, 9.17) is 28.4 Å². The highest BCUT2D eigenvalue weighted by atomic mass is 16.7. The molecule has 0 aromatic rings. The maximum absolute atomic E-state index is 5.93. The van der Waals surface area contributed by atoms with Gasteiger partial charge < -0.3 is 43.5 Å². The number of hydrogen-bond acceptors (Lipinski definition) is 9. The Morgan fingerprint density at radius 3 is 1.18 bits per heavy atom. The molecule has 6 heterocycles. The van der Waals surface area contributed by atoms with Crippen molar-refractivity contribution in [2.75, 3.05) is 46.3 Å². The Morgan fingerprint density at radius 2 is 0.875 bits per heavy atom. The smallest absolute Gasteiger partial charge is 0.163 e. The normalized spacial score (nSPS) is 39.3. The predicted molar refractivity (Wildman–Crippen MR) is 156 cm³/mol. The summed E-state index contributed by atoms with van der Waals surface area (Å²) in [6.07, 6.45) is 1.54. The van der Waals surface area contributed by atoms with Crippen molar-refractivity contribution >= 4 is 0 Å². The topological polar surface area (TPSA) is 73.9 Å². The maximum atomic E-state index is 5.93. The number of likely N-dealkylation sites (N-methyl/N-ethyl adjacent to an activating group) is 1. The summed E-state index contributed by atoms with van der Waals surface area (Å²) in [7, 11) is 2.11. The molecule has 0 aromatic carbocycles. The van der Waals surface area contributed by atoms with Crippen LogP contribution in [0.5, 0.6) is 0 Å². The fourth-order valence-corrected chi connectivity index (χ4v) is 5.68. The molecule has 6 unspecified atom stereocenters. The van der Waals surface area contributed by atoms with Crippen molar-refractivity contribution in [1.29, 1.82) is 0 Å². The molecule has 0 aromatic heterocycles. The molecule has 9 nitrogen and oxygen atoms in total. The first kappa shape index (κ1) is 32.1. The minimum atomic E-state index is -0.0558. The highest BCUT2D eigenvalue weighted by molar-refractivity contribution is 5.01. The largest absolute Gasteiger partial charge is 0.370 e. The van der Waals surface area contributed by atoms with Crippen molar-refractivity contribution in [3.05, 3.63) is 12.3 Å². The first-order chi connectivity index (χ1) is 18.4. The average molecular weight is 568 g/mol. The summed E-state index contributed by atoms with van der Waals surface area (Å²) in [4.78, 5) is 4.49. The molecular weight excluding hydrogens is 510 g/mol. The molecule has 6 rings (SSSR count). The predicted octanol–water partition coefficient (Wildman–Crippen LogP) is 3.83. The Bertz CT molecular complexity index is 825. The number of rotatable bonds is 1. The number of allylic oxidation sites excluding steroid dienone is 1. The Kier molecular flexibility index (Phi) is 9.70. The molecule has 6 aliphatic rings. The van der Waals surface area contributed by atoms with Crippen molar-refractivity contribution in [3.8, 4) is 0 Å². The van der Waals surface area contributed by atoms with Gasteiger partial charge in [0.05, 0.1) is 0 Å². The van der Waals surface area contributed by atoms with Crippen molar-refractivity contribution in [1.82, 2.24) is 15.1 Å². The molecule has 0 saturated carbocycles. The third kappa shape index (κ3) is 7.78. The van der Waals surface area contributed by atoms with E-state index in [1.54, 1.807) is 0 Å². The summed E-state index contributed by atoms with van der Waals surface area (Å²) in [6.45, 7) is 31.1. The standard InChI is InChI=1S/C12H21NO2.C10H19NO2.C9H17NO2/c1-8(2)13-6-9-10(7-13)15-11(14-9)12(3,4)5;1-10(2,3)9-12-7-5-11(4)6-8(7)13-9;1-9(2,3)8-11-6-4-10-5-7(6)12-8/h9-11H,1,6-7H2,2-5H3;7-9H,5-6H2,1-4H3;6-8,10H,4-5H2,1-3H3. The van der Waals surface area contributed by atoms with Crippen LogP contribution in [0.3, 0.4) is 0 Å². The van der Waals surface area contributed by atoms with Crippen LogP contribution in [0.2, 0.25) is 0 Å². The first-order valence-corrected chi connectivity index (χ1v) is 15.1. The van der Waals surface area contributed by atoms with E-state index in [1.807, 2.05) is 6.92 Å². The molecule has 6 atom stereocenters. The van der Waals surface area contributed by atoms with E-state index >= 15 is 0 Å². The van der Waals surface area contributed by atoms with Crippen molar-refractivity contribution in [2.24, 2.45) is 16.2 Å². The van der Waals surface area contributed by atoms with Crippen LogP contribution >= 0.6 is 0 Å². The summed E-state index contributed by atoms with van der Waals surface area (Å²) in [5.74, 6) is 0. The molecule has 0 aliphatic carbocycles. The van der Waals surface area contributed by atoms with Gasteiger partial charge in [-0.25, -0.2) is 0 Å². The van der Waals surface area contributed by atoms with Crippen LogP contribution in [0.4, 0.5) is 0 Å². The second kappa shape index (κ2) is 12.1. The number of hydrogen-bond donors (Lipinski definition) is 1. The third-order valence-corrected chi connectivity index (χ3v) is 8.17. The van der Waals surface area contributed by atoms with Gasteiger partial charge in [0, 0.05) is 61.2 Å². The first-order valence-electron chi connectivity index (χ1n) is 15.1. The number of ether oxygens (including phenoxy) is 6. The van der Waals surface area contributed by atoms with Gasteiger partial charge in [0.25, 0.3) is 0 Å². The van der Waals surface area contributed by atoms with Crippen LogP contribution in [0.1, 0.15) is 69.2 Å². The van der Waals surface area contributed by atoms with Crippen LogP contribution in [0.25, 0.3) is 0 Å². The highest BCUT2D eigenvalue weighted by Crippen LogP contribution is 2.37. The summed E-state index contributed by atoms with van der Waals surface area (Å²) in [6, 6.07) is 0. The Labute approximate surface area is 243 Å². The van der Waals surface area contributed by atoms with Crippen molar-refractivity contribution < 1.29 is 28.4 Å². The van der Waals surface area contributed by atoms with E-state index in [0.29, 0.717) is 12.2 Å². The van der Waals surface area contributed by atoms with Gasteiger partial charge in [-0.1, -0.05) is 68.9 Å². The van der Waals surface area contributed by atoms with E-state index in [1.165, 1.54) is 0 Å². The van der Waals surface area contributed by atoms with Gasteiger partial charge in [-0.15, -0.1) is 0 Å².